The first kappa shape index (κ1) is 13.1. The Morgan fingerprint density at radius 2 is 1.52 bits per heavy atom. The normalized spacial score (nSPS) is 10.3. The summed E-state index contributed by atoms with van der Waals surface area (Å²) in [4.78, 5) is 8.32. The molecule has 0 fully saturated rings. The van der Waals surface area contributed by atoms with Crippen LogP contribution in [0.15, 0.2) is 60.7 Å². The molecule has 0 radical (unpaired) electrons. The van der Waals surface area contributed by atoms with Gasteiger partial charge in [0.15, 0.2) is 0 Å². The molecule has 21 heavy (non-hydrogen) atoms. The predicted molar refractivity (Wildman–Crippen MR) is 83.1 cm³/mol. The summed E-state index contributed by atoms with van der Waals surface area (Å²) in [5, 5.41) is 0. The fourth-order valence-electron chi connectivity index (χ4n) is 2.06. The molecule has 0 aliphatic carbocycles. The minimum Gasteiger partial charge on any atom is -0.457 e. The lowest BCUT2D eigenvalue weighted by Crippen LogP contribution is -1.98. The number of anilines is 1. The highest BCUT2D eigenvalue weighted by atomic mass is 16.5. The number of benzene rings is 2. The highest BCUT2D eigenvalue weighted by Crippen LogP contribution is 2.25. The maximum absolute atomic E-state index is 5.76. The summed E-state index contributed by atoms with van der Waals surface area (Å²) in [5.41, 5.74) is 8.32. The second kappa shape index (κ2) is 5.63. The van der Waals surface area contributed by atoms with E-state index in [0.29, 0.717) is 0 Å². The smallest absolute Gasteiger partial charge is 0.220 e. The van der Waals surface area contributed by atoms with Crippen molar-refractivity contribution in [3.63, 3.8) is 0 Å². The van der Waals surface area contributed by atoms with E-state index in [1.807, 2.05) is 67.6 Å². The van der Waals surface area contributed by atoms with E-state index in [-0.39, 0.29) is 5.95 Å². The van der Waals surface area contributed by atoms with Crippen LogP contribution in [-0.2, 0) is 0 Å². The van der Waals surface area contributed by atoms with Crippen molar-refractivity contribution in [3.05, 3.63) is 66.4 Å². The van der Waals surface area contributed by atoms with Crippen LogP contribution in [0.4, 0.5) is 5.95 Å². The van der Waals surface area contributed by atoms with Crippen LogP contribution >= 0.6 is 0 Å². The zero-order chi connectivity index (χ0) is 14.7. The molecule has 0 spiro atoms. The molecule has 3 aromatic rings. The van der Waals surface area contributed by atoms with Gasteiger partial charge in [-0.1, -0.05) is 18.2 Å². The third-order valence-corrected chi connectivity index (χ3v) is 3.00. The van der Waals surface area contributed by atoms with Gasteiger partial charge in [-0.2, -0.15) is 0 Å². The summed E-state index contributed by atoms with van der Waals surface area (Å²) >= 11 is 0. The second-order valence-corrected chi connectivity index (χ2v) is 4.69. The fourth-order valence-corrected chi connectivity index (χ4v) is 2.06. The molecule has 0 atom stereocenters. The van der Waals surface area contributed by atoms with Crippen LogP contribution in [0.1, 0.15) is 5.69 Å². The van der Waals surface area contributed by atoms with E-state index in [0.717, 1.165) is 28.5 Å². The lowest BCUT2D eigenvalue weighted by molar-refractivity contribution is 0.483. The van der Waals surface area contributed by atoms with Crippen LogP contribution in [0.2, 0.25) is 0 Å². The maximum atomic E-state index is 5.76. The molecule has 104 valence electrons. The van der Waals surface area contributed by atoms with E-state index in [1.54, 1.807) is 0 Å². The Kier molecular flexibility index (Phi) is 3.51. The van der Waals surface area contributed by atoms with Crippen molar-refractivity contribution in [2.45, 2.75) is 6.92 Å². The van der Waals surface area contributed by atoms with Crippen molar-refractivity contribution in [3.8, 4) is 22.8 Å². The van der Waals surface area contributed by atoms with Gasteiger partial charge >= 0.3 is 0 Å². The molecule has 0 saturated carbocycles. The molecular formula is C17H15N3O. The Labute approximate surface area is 123 Å². The SMILES string of the molecule is Cc1cc(-c2ccc(Oc3ccccc3)cc2)nc(N)n1. The summed E-state index contributed by atoms with van der Waals surface area (Å²) in [6.45, 7) is 1.90. The number of nitrogens with two attached hydrogens (primary N) is 1. The average molecular weight is 277 g/mol. The van der Waals surface area contributed by atoms with Crippen molar-refractivity contribution in [2.75, 3.05) is 5.73 Å². The highest BCUT2D eigenvalue weighted by Gasteiger charge is 2.03. The number of rotatable bonds is 3. The third kappa shape index (κ3) is 3.17. The van der Waals surface area contributed by atoms with Gasteiger partial charge in [0.1, 0.15) is 11.5 Å². The van der Waals surface area contributed by atoms with E-state index in [4.69, 9.17) is 10.5 Å². The monoisotopic (exact) mass is 277 g/mol. The Morgan fingerprint density at radius 1 is 0.857 bits per heavy atom. The first-order chi connectivity index (χ1) is 10.2. The molecule has 0 aliphatic rings. The topological polar surface area (TPSA) is 61.0 Å². The minimum absolute atomic E-state index is 0.287. The van der Waals surface area contributed by atoms with Crippen LogP contribution in [-0.4, -0.2) is 9.97 Å². The summed E-state index contributed by atoms with van der Waals surface area (Å²) in [5.74, 6) is 1.88. The quantitative estimate of drug-likeness (QED) is 0.790. The molecule has 0 aliphatic heterocycles. The van der Waals surface area contributed by atoms with Gasteiger partial charge in [0.05, 0.1) is 5.69 Å². The van der Waals surface area contributed by atoms with Gasteiger partial charge in [-0.25, -0.2) is 9.97 Å². The number of hydrogen-bond donors (Lipinski definition) is 1. The molecule has 3 rings (SSSR count). The predicted octanol–water partition coefficient (Wildman–Crippen LogP) is 3.83. The van der Waals surface area contributed by atoms with Gasteiger partial charge < -0.3 is 10.5 Å². The van der Waals surface area contributed by atoms with Crippen molar-refractivity contribution in [1.29, 1.82) is 0 Å². The first-order valence-electron chi connectivity index (χ1n) is 6.65. The number of para-hydroxylation sites is 1. The van der Waals surface area contributed by atoms with Crippen molar-refractivity contribution >= 4 is 5.95 Å². The zero-order valence-electron chi connectivity index (χ0n) is 11.7. The molecule has 2 aromatic carbocycles. The molecule has 0 bridgehead atoms. The van der Waals surface area contributed by atoms with Crippen LogP contribution in [0.5, 0.6) is 11.5 Å². The number of hydrogen-bond acceptors (Lipinski definition) is 4. The molecular weight excluding hydrogens is 262 g/mol. The van der Waals surface area contributed by atoms with Crippen molar-refractivity contribution < 1.29 is 4.74 Å². The largest absolute Gasteiger partial charge is 0.457 e. The highest BCUT2D eigenvalue weighted by molar-refractivity contribution is 5.61. The van der Waals surface area contributed by atoms with Gasteiger partial charge in [0.25, 0.3) is 0 Å². The average Bonchev–Trinajstić information content (AvgIpc) is 2.48. The standard InChI is InChI=1S/C17H15N3O/c1-12-11-16(20-17(18)19-12)13-7-9-15(10-8-13)21-14-5-3-2-4-6-14/h2-11H,1H3,(H2,18,19,20). The summed E-state index contributed by atoms with van der Waals surface area (Å²) in [6.07, 6.45) is 0. The Bertz CT molecular complexity index is 719. The third-order valence-electron chi connectivity index (χ3n) is 3.00. The Morgan fingerprint density at radius 3 is 2.19 bits per heavy atom. The lowest BCUT2D eigenvalue weighted by Gasteiger charge is -2.07. The molecule has 2 N–H and O–H groups in total. The summed E-state index contributed by atoms with van der Waals surface area (Å²) < 4.78 is 5.76. The molecule has 0 amide bonds. The zero-order valence-corrected chi connectivity index (χ0v) is 11.7. The Hall–Kier alpha value is -2.88. The number of aryl methyl sites for hydroxylation is 1. The molecule has 0 unspecified atom stereocenters. The number of nitrogens with zero attached hydrogens (tertiary/aromatic N) is 2. The maximum Gasteiger partial charge on any atom is 0.220 e. The molecule has 1 aromatic heterocycles. The first-order valence-corrected chi connectivity index (χ1v) is 6.65. The van der Waals surface area contributed by atoms with E-state index in [9.17, 15) is 0 Å². The van der Waals surface area contributed by atoms with Gasteiger partial charge in [-0.05, 0) is 49.4 Å². The molecule has 4 nitrogen and oxygen atoms in total. The van der Waals surface area contributed by atoms with Crippen LogP contribution in [0, 0.1) is 6.92 Å². The van der Waals surface area contributed by atoms with Gasteiger partial charge in [0, 0.05) is 11.3 Å². The van der Waals surface area contributed by atoms with Crippen LogP contribution in [0.3, 0.4) is 0 Å². The van der Waals surface area contributed by atoms with E-state index in [1.165, 1.54) is 0 Å². The van der Waals surface area contributed by atoms with Gasteiger partial charge in [0.2, 0.25) is 5.95 Å². The van der Waals surface area contributed by atoms with Crippen LogP contribution in [0.25, 0.3) is 11.3 Å². The summed E-state index contributed by atoms with van der Waals surface area (Å²) in [7, 11) is 0. The number of nitrogen functional groups attached to an aromatic ring is 1. The summed E-state index contributed by atoms with van der Waals surface area (Å²) in [6, 6.07) is 19.3. The second-order valence-electron chi connectivity index (χ2n) is 4.69. The minimum atomic E-state index is 0.287. The van der Waals surface area contributed by atoms with Gasteiger partial charge in [-0.15, -0.1) is 0 Å². The fraction of sp³-hybridized carbons (Fsp3) is 0.0588. The van der Waals surface area contributed by atoms with Crippen LogP contribution < -0.4 is 10.5 Å². The van der Waals surface area contributed by atoms with Crippen molar-refractivity contribution in [2.24, 2.45) is 0 Å². The van der Waals surface area contributed by atoms with E-state index < -0.39 is 0 Å². The Balaban J connectivity index is 1.84. The molecule has 4 heteroatoms. The van der Waals surface area contributed by atoms with Crippen molar-refractivity contribution in [1.82, 2.24) is 9.97 Å². The number of ether oxygens (including phenoxy) is 1. The van der Waals surface area contributed by atoms with E-state index >= 15 is 0 Å². The van der Waals surface area contributed by atoms with Gasteiger partial charge in [-0.3, -0.25) is 0 Å². The molecule has 1 heterocycles. The number of aromatic nitrogens is 2. The lowest BCUT2D eigenvalue weighted by atomic mass is 10.1. The van der Waals surface area contributed by atoms with E-state index in [2.05, 4.69) is 9.97 Å². The molecule has 0 saturated heterocycles.